The fourth-order valence-corrected chi connectivity index (χ4v) is 3.79. The van der Waals surface area contributed by atoms with E-state index in [9.17, 15) is 0 Å². The molecule has 0 aromatic carbocycles. The van der Waals surface area contributed by atoms with Crippen molar-refractivity contribution in [3.8, 4) is 0 Å². The van der Waals surface area contributed by atoms with Crippen LogP contribution in [0.1, 0.15) is 26.7 Å². The first-order valence-corrected chi connectivity index (χ1v) is 7.82. The molecule has 0 amide bonds. The van der Waals surface area contributed by atoms with E-state index in [2.05, 4.69) is 40.1 Å². The van der Waals surface area contributed by atoms with Crippen molar-refractivity contribution in [3.05, 3.63) is 12.2 Å². The lowest BCUT2D eigenvalue weighted by Gasteiger charge is -2.37. The molecule has 0 saturated carbocycles. The van der Waals surface area contributed by atoms with Crippen molar-refractivity contribution in [3.63, 3.8) is 0 Å². The van der Waals surface area contributed by atoms with E-state index in [1.54, 1.807) is 0 Å². The summed E-state index contributed by atoms with van der Waals surface area (Å²) in [4.78, 5) is 0. The molecule has 0 aromatic heterocycles. The number of hydrogen-bond donors (Lipinski definition) is 0. The van der Waals surface area contributed by atoms with E-state index in [0.717, 1.165) is 11.8 Å². The van der Waals surface area contributed by atoms with E-state index in [-0.39, 0.29) is 48.0 Å². The Morgan fingerprint density at radius 3 is 1.85 bits per heavy atom. The molecular weight excluding hydrogens is 474 g/mol. The molecule has 0 bridgehead atoms. The first kappa shape index (κ1) is 21.1. The van der Waals surface area contributed by atoms with Crippen LogP contribution >= 0.6 is 0 Å². The van der Waals surface area contributed by atoms with Gasteiger partial charge in [0.2, 0.25) is 0 Å². The molecule has 1 aliphatic heterocycles. The summed E-state index contributed by atoms with van der Waals surface area (Å²) in [5.74, 6) is 1.95. The van der Waals surface area contributed by atoms with Gasteiger partial charge < -0.3 is 56.9 Å². The van der Waals surface area contributed by atoms with Gasteiger partial charge in [0.1, 0.15) is 13.1 Å². The number of halogens is 2. The van der Waals surface area contributed by atoms with Gasteiger partial charge in [0, 0.05) is 11.8 Å². The van der Waals surface area contributed by atoms with Crippen molar-refractivity contribution in [2.75, 3.05) is 53.4 Å². The lowest BCUT2D eigenvalue weighted by atomic mass is 9.86. The molecule has 0 N–H and O–H groups in total. The van der Waals surface area contributed by atoms with E-state index in [1.165, 1.54) is 61.1 Å². The van der Waals surface area contributed by atoms with Gasteiger partial charge >= 0.3 is 0 Å². The van der Waals surface area contributed by atoms with Crippen LogP contribution in [0, 0.1) is 11.8 Å². The van der Waals surface area contributed by atoms with Crippen LogP contribution in [0.3, 0.4) is 0 Å². The number of hydrogen-bond acceptors (Lipinski definition) is 0. The SMILES string of the molecule is CC[N+](C)(CC)CC[N+]1(C)CC2CC=CCC2C1.[I-].[I-]. The Hall–Kier alpha value is 1.12. The van der Waals surface area contributed by atoms with Gasteiger partial charge in [-0.15, -0.1) is 0 Å². The fourth-order valence-electron chi connectivity index (χ4n) is 3.79. The average Bonchev–Trinajstić information content (AvgIpc) is 2.73. The van der Waals surface area contributed by atoms with Gasteiger partial charge in [-0.05, 0) is 26.7 Å². The maximum atomic E-state index is 2.49. The molecule has 1 heterocycles. The molecule has 1 aliphatic carbocycles. The molecule has 120 valence electrons. The van der Waals surface area contributed by atoms with Crippen LogP contribution in [0.25, 0.3) is 0 Å². The first-order chi connectivity index (χ1) is 8.50. The van der Waals surface area contributed by atoms with Crippen LogP contribution in [0.4, 0.5) is 0 Å². The zero-order valence-corrected chi connectivity index (χ0v) is 17.9. The van der Waals surface area contributed by atoms with Crippen molar-refractivity contribution in [2.45, 2.75) is 26.7 Å². The minimum absolute atomic E-state index is 0. The Morgan fingerprint density at radius 1 is 1.00 bits per heavy atom. The molecule has 2 unspecified atom stereocenters. The monoisotopic (exact) mass is 506 g/mol. The smallest absolute Gasteiger partial charge is 0.128 e. The van der Waals surface area contributed by atoms with Gasteiger partial charge in [-0.1, -0.05) is 12.2 Å². The molecule has 0 radical (unpaired) electrons. The Bertz CT molecular complexity index is 298. The van der Waals surface area contributed by atoms with E-state index >= 15 is 0 Å². The molecule has 2 aliphatic rings. The summed E-state index contributed by atoms with van der Waals surface area (Å²) in [5.41, 5.74) is 0. The van der Waals surface area contributed by atoms with Crippen molar-refractivity contribution >= 4 is 0 Å². The second-order valence-corrected chi connectivity index (χ2v) is 7.15. The van der Waals surface area contributed by atoms with Gasteiger partial charge in [0.05, 0.1) is 40.3 Å². The lowest BCUT2D eigenvalue weighted by Crippen LogP contribution is -3.00. The Morgan fingerprint density at radius 2 is 1.45 bits per heavy atom. The van der Waals surface area contributed by atoms with Gasteiger partial charge in [-0.2, -0.15) is 0 Å². The van der Waals surface area contributed by atoms with Crippen LogP contribution < -0.4 is 48.0 Å². The van der Waals surface area contributed by atoms with Crippen LogP contribution in [-0.4, -0.2) is 62.3 Å². The van der Waals surface area contributed by atoms with Crippen molar-refractivity contribution in [1.29, 1.82) is 0 Å². The highest BCUT2D eigenvalue weighted by molar-refractivity contribution is 4.96. The van der Waals surface area contributed by atoms with Crippen molar-refractivity contribution < 1.29 is 56.9 Å². The van der Waals surface area contributed by atoms with Gasteiger partial charge in [-0.3, -0.25) is 0 Å². The Kier molecular flexibility index (Phi) is 9.16. The number of rotatable bonds is 5. The van der Waals surface area contributed by atoms with Gasteiger partial charge in [0.25, 0.3) is 0 Å². The minimum atomic E-state index is 0. The van der Waals surface area contributed by atoms with E-state index < -0.39 is 0 Å². The number of allylic oxidation sites excluding steroid dienone is 2. The Labute approximate surface area is 160 Å². The molecule has 20 heavy (non-hydrogen) atoms. The quantitative estimate of drug-likeness (QED) is 0.207. The zero-order chi connectivity index (χ0) is 13.2. The average molecular weight is 506 g/mol. The van der Waals surface area contributed by atoms with Crippen molar-refractivity contribution in [2.24, 2.45) is 11.8 Å². The summed E-state index contributed by atoms with van der Waals surface area (Å²) in [7, 11) is 4.91. The highest BCUT2D eigenvalue weighted by atomic mass is 127. The van der Waals surface area contributed by atoms with Crippen LogP contribution in [-0.2, 0) is 0 Å². The molecule has 4 heteroatoms. The summed E-state index contributed by atoms with van der Waals surface area (Å²) in [6.07, 6.45) is 7.50. The molecule has 1 fully saturated rings. The second-order valence-electron chi connectivity index (χ2n) is 7.15. The number of likely N-dealkylation sites (N-methyl/N-ethyl adjacent to an activating group) is 2. The molecule has 2 atom stereocenters. The second kappa shape index (κ2) is 8.67. The highest BCUT2D eigenvalue weighted by Crippen LogP contribution is 2.36. The number of nitrogens with zero attached hydrogens (tertiary/aromatic N) is 2. The van der Waals surface area contributed by atoms with Gasteiger partial charge in [-0.25, -0.2) is 0 Å². The zero-order valence-electron chi connectivity index (χ0n) is 13.6. The number of quaternary nitrogens is 2. The van der Waals surface area contributed by atoms with Crippen molar-refractivity contribution in [1.82, 2.24) is 0 Å². The largest absolute Gasteiger partial charge is 1.00 e. The molecule has 0 aromatic rings. The standard InChI is InChI=1S/C16H32N2.2HI/c1-5-17(3,6-2)11-12-18(4)13-15-9-7-8-10-16(15)14-18;;/h7-8,15-16H,5-6,9-14H2,1-4H3;2*1H/q+2;;/p-2. The molecule has 2 rings (SSSR count). The fraction of sp³-hybridized carbons (Fsp3) is 0.875. The number of likely N-dealkylation sites (tertiary alicyclic amines) is 1. The van der Waals surface area contributed by atoms with Crippen LogP contribution in [0.2, 0.25) is 0 Å². The predicted molar refractivity (Wildman–Crippen MR) is 78.3 cm³/mol. The van der Waals surface area contributed by atoms with Crippen LogP contribution in [0.15, 0.2) is 12.2 Å². The number of fused-ring (bicyclic) bond motifs is 1. The molecule has 1 saturated heterocycles. The normalized spacial score (nSPS) is 32.2. The van der Waals surface area contributed by atoms with Crippen LogP contribution in [0.5, 0.6) is 0 Å². The first-order valence-electron chi connectivity index (χ1n) is 7.82. The predicted octanol–water partition coefficient (Wildman–Crippen LogP) is -3.48. The summed E-state index contributed by atoms with van der Waals surface area (Å²) in [6.45, 7) is 12.7. The van der Waals surface area contributed by atoms with E-state index in [1.807, 2.05) is 0 Å². The molecule has 0 spiro atoms. The van der Waals surface area contributed by atoms with E-state index in [4.69, 9.17) is 0 Å². The molecular formula is C16H32I2N2. The van der Waals surface area contributed by atoms with Gasteiger partial charge in [0.15, 0.2) is 0 Å². The molecule has 2 nitrogen and oxygen atoms in total. The maximum Gasteiger partial charge on any atom is 0.128 e. The summed E-state index contributed by atoms with van der Waals surface area (Å²) < 4.78 is 2.56. The Balaban J connectivity index is 0.00000180. The third kappa shape index (κ3) is 5.09. The summed E-state index contributed by atoms with van der Waals surface area (Å²) in [5, 5.41) is 0. The third-order valence-electron chi connectivity index (χ3n) is 5.77. The third-order valence-corrected chi connectivity index (χ3v) is 5.77. The topological polar surface area (TPSA) is 0 Å². The lowest BCUT2D eigenvalue weighted by molar-refractivity contribution is -0.958. The summed E-state index contributed by atoms with van der Waals surface area (Å²) >= 11 is 0. The minimum Gasteiger partial charge on any atom is -1.00 e. The summed E-state index contributed by atoms with van der Waals surface area (Å²) in [6, 6.07) is 0. The highest BCUT2D eigenvalue weighted by Gasteiger charge is 2.43. The van der Waals surface area contributed by atoms with E-state index in [0.29, 0.717) is 0 Å². The maximum absolute atomic E-state index is 2.49.